The highest BCUT2D eigenvalue weighted by Gasteiger charge is 2.33. The van der Waals surface area contributed by atoms with Crippen molar-refractivity contribution in [3.05, 3.63) is 41.4 Å². The van der Waals surface area contributed by atoms with Crippen molar-refractivity contribution in [1.29, 1.82) is 0 Å². The van der Waals surface area contributed by atoms with Crippen LogP contribution in [0.25, 0.3) is 0 Å². The van der Waals surface area contributed by atoms with Crippen molar-refractivity contribution in [3.8, 4) is 5.75 Å². The van der Waals surface area contributed by atoms with Gasteiger partial charge in [0.25, 0.3) is 5.91 Å². The number of rotatable bonds is 5. The molecule has 1 aromatic rings. The van der Waals surface area contributed by atoms with Gasteiger partial charge in [-0.3, -0.25) is 4.79 Å². The Labute approximate surface area is 136 Å². The van der Waals surface area contributed by atoms with Gasteiger partial charge >= 0.3 is 0 Å². The Morgan fingerprint density at radius 2 is 2.09 bits per heavy atom. The molecular weight excluding hydrogens is 302 g/mol. The number of hydrogen-bond acceptors (Lipinski definition) is 3. The maximum absolute atomic E-state index is 12.3. The van der Waals surface area contributed by atoms with Crippen LogP contribution in [0.5, 0.6) is 5.75 Å². The van der Waals surface area contributed by atoms with E-state index in [-0.39, 0.29) is 12.5 Å². The van der Waals surface area contributed by atoms with Crippen molar-refractivity contribution in [2.24, 2.45) is 0 Å². The first-order valence-corrected chi connectivity index (χ1v) is 7.82. The fraction of sp³-hybridized carbons (Fsp3) is 0.471. The van der Waals surface area contributed by atoms with Crippen molar-refractivity contribution in [2.75, 3.05) is 6.54 Å². The molecule has 2 N–H and O–H groups in total. The van der Waals surface area contributed by atoms with Crippen LogP contribution in [0.4, 0.5) is 0 Å². The first-order valence-electron chi connectivity index (χ1n) is 7.44. The fourth-order valence-corrected chi connectivity index (χ4v) is 2.48. The molecule has 0 saturated carbocycles. The summed E-state index contributed by atoms with van der Waals surface area (Å²) in [5.74, 6) is 0.302. The molecule has 0 fully saturated rings. The predicted octanol–water partition coefficient (Wildman–Crippen LogP) is 3.08. The normalized spacial score (nSPS) is 21.5. The van der Waals surface area contributed by atoms with Gasteiger partial charge in [0.1, 0.15) is 5.75 Å². The molecule has 0 saturated heterocycles. The van der Waals surface area contributed by atoms with Crippen LogP contribution >= 0.6 is 11.6 Å². The molecule has 0 bridgehead atoms. The highest BCUT2D eigenvalue weighted by Crippen LogP contribution is 2.23. The summed E-state index contributed by atoms with van der Waals surface area (Å²) in [5.41, 5.74) is -1.99. The minimum atomic E-state index is -1.04. The number of aliphatic hydroxyl groups is 1. The predicted molar refractivity (Wildman–Crippen MR) is 87.1 cm³/mol. The SMILES string of the molecule is CC(C)(Oc1ccc(Cl)cc1)C(=O)NCC1(O)C=CCCC1. The zero-order valence-electron chi connectivity index (χ0n) is 12.9. The quantitative estimate of drug-likeness (QED) is 0.819. The number of halogens is 1. The summed E-state index contributed by atoms with van der Waals surface area (Å²) in [6.07, 6.45) is 6.27. The van der Waals surface area contributed by atoms with Gasteiger partial charge in [-0.2, -0.15) is 0 Å². The molecule has 2 rings (SSSR count). The van der Waals surface area contributed by atoms with E-state index in [1.54, 1.807) is 44.2 Å². The van der Waals surface area contributed by atoms with E-state index < -0.39 is 11.2 Å². The lowest BCUT2D eigenvalue weighted by Crippen LogP contribution is -2.51. The topological polar surface area (TPSA) is 58.6 Å². The summed E-state index contributed by atoms with van der Waals surface area (Å²) in [6, 6.07) is 6.85. The Morgan fingerprint density at radius 3 is 2.68 bits per heavy atom. The average molecular weight is 324 g/mol. The molecule has 0 heterocycles. The van der Waals surface area contributed by atoms with Gasteiger partial charge in [-0.05, 0) is 57.4 Å². The summed E-state index contributed by atoms with van der Waals surface area (Å²) in [7, 11) is 0. The Morgan fingerprint density at radius 1 is 1.41 bits per heavy atom. The monoisotopic (exact) mass is 323 g/mol. The number of ether oxygens (including phenoxy) is 1. The number of benzene rings is 1. The van der Waals surface area contributed by atoms with Crippen molar-refractivity contribution in [1.82, 2.24) is 5.32 Å². The summed E-state index contributed by atoms with van der Waals surface area (Å²) < 4.78 is 5.72. The second-order valence-electron chi connectivity index (χ2n) is 6.15. The van der Waals surface area contributed by atoms with E-state index in [0.717, 1.165) is 12.8 Å². The molecule has 1 unspecified atom stereocenters. The average Bonchev–Trinajstić information content (AvgIpc) is 2.48. The number of nitrogens with one attached hydrogen (secondary N) is 1. The minimum Gasteiger partial charge on any atom is -0.478 e. The first-order chi connectivity index (χ1) is 10.3. The molecule has 22 heavy (non-hydrogen) atoms. The molecule has 1 aromatic carbocycles. The molecule has 1 amide bonds. The van der Waals surface area contributed by atoms with Crippen LogP contribution in [0, 0.1) is 0 Å². The van der Waals surface area contributed by atoms with E-state index in [9.17, 15) is 9.90 Å². The van der Waals surface area contributed by atoms with E-state index in [1.165, 1.54) is 0 Å². The van der Waals surface area contributed by atoms with Gasteiger partial charge in [0.05, 0.1) is 12.1 Å². The molecule has 1 aliphatic carbocycles. The number of hydrogen-bond donors (Lipinski definition) is 2. The Hall–Kier alpha value is -1.52. The van der Waals surface area contributed by atoms with Crippen LogP contribution in [-0.2, 0) is 4.79 Å². The van der Waals surface area contributed by atoms with Crippen molar-refractivity contribution in [2.45, 2.75) is 44.3 Å². The lowest BCUT2D eigenvalue weighted by Gasteiger charge is -2.30. The van der Waals surface area contributed by atoms with E-state index in [4.69, 9.17) is 16.3 Å². The minimum absolute atomic E-state index is 0.190. The number of amides is 1. The molecule has 1 atom stereocenters. The molecular formula is C17H22ClNO3. The summed E-state index contributed by atoms with van der Waals surface area (Å²) >= 11 is 5.83. The molecule has 0 aromatic heterocycles. The second kappa shape index (κ2) is 6.71. The van der Waals surface area contributed by atoms with Crippen LogP contribution in [0.1, 0.15) is 33.1 Å². The lowest BCUT2D eigenvalue weighted by molar-refractivity contribution is -0.135. The molecule has 4 nitrogen and oxygen atoms in total. The van der Waals surface area contributed by atoms with Crippen LogP contribution in [-0.4, -0.2) is 28.8 Å². The Kier molecular flexibility index (Phi) is 5.14. The summed E-state index contributed by atoms with van der Waals surface area (Å²) in [6.45, 7) is 3.57. The third-order valence-corrected chi connectivity index (χ3v) is 3.95. The zero-order valence-corrected chi connectivity index (χ0v) is 13.7. The van der Waals surface area contributed by atoms with Gasteiger partial charge in [-0.1, -0.05) is 23.8 Å². The molecule has 1 aliphatic rings. The van der Waals surface area contributed by atoms with E-state index in [2.05, 4.69) is 5.32 Å². The van der Waals surface area contributed by atoms with Gasteiger partial charge < -0.3 is 15.2 Å². The fourth-order valence-electron chi connectivity index (χ4n) is 2.35. The standard InChI is InChI=1S/C17H22ClNO3/c1-16(2,22-14-8-6-13(18)7-9-14)15(20)19-12-17(21)10-4-3-5-11-17/h4,6-10,21H,3,5,11-12H2,1-2H3,(H,19,20). The van der Waals surface area contributed by atoms with Gasteiger partial charge in [-0.25, -0.2) is 0 Å². The molecule has 0 spiro atoms. The number of carbonyl (C=O) groups is 1. The van der Waals surface area contributed by atoms with E-state index >= 15 is 0 Å². The highest BCUT2D eigenvalue weighted by molar-refractivity contribution is 6.30. The molecule has 120 valence electrons. The first kappa shape index (κ1) is 16.8. The molecule has 5 heteroatoms. The van der Waals surface area contributed by atoms with Gasteiger partial charge in [0.2, 0.25) is 0 Å². The van der Waals surface area contributed by atoms with Gasteiger partial charge in [0.15, 0.2) is 5.60 Å². The maximum Gasteiger partial charge on any atom is 0.263 e. The van der Waals surface area contributed by atoms with Crippen molar-refractivity contribution in [3.63, 3.8) is 0 Å². The van der Waals surface area contributed by atoms with Crippen LogP contribution < -0.4 is 10.1 Å². The third-order valence-electron chi connectivity index (χ3n) is 3.70. The van der Waals surface area contributed by atoms with Gasteiger partial charge in [-0.15, -0.1) is 0 Å². The summed E-state index contributed by atoms with van der Waals surface area (Å²) in [4.78, 5) is 12.3. The van der Waals surface area contributed by atoms with Crippen LogP contribution in [0.15, 0.2) is 36.4 Å². The largest absolute Gasteiger partial charge is 0.478 e. The molecule has 0 aliphatic heterocycles. The maximum atomic E-state index is 12.3. The zero-order chi connectivity index (χ0) is 16.2. The smallest absolute Gasteiger partial charge is 0.263 e. The summed E-state index contributed by atoms with van der Waals surface area (Å²) in [5, 5.41) is 13.7. The van der Waals surface area contributed by atoms with Crippen molar-refractivity contribution >= 4 is 17.5 Å². The Bertz CT molecular complexity index is 554. The van der Waals surface area contributed by atoms with E-state index in [0.29, 0.717) is 17.2 Å². The van der Waals surface area contributed by atoms with Crippen LogP contribution in [0.3, 0.4) is 0 Å². The second-order valence-corrected chi connectivity index (χ2v) is 6.58. The lowest BCUT2D eigenvalue weighted by atomic mass is 9.91. The molecule has 0 radical (unpaired) electrons. The van der Waals surface area contributed by atoms with Crippen LogP contribution in [0.2, 0.25) is 5.02 Å². The van der Waals surface area contributed by atoms with Gasteiger partial charge in [0, 0.05) is 5.02 Å². The Balaban J connectivity index is 1.93. The third kappa shape index (κ3) is 4.49. The van der Waals surface area contributed by atoms with Crippen molar-refractivity contribution < 1.29 is 14.6 Å². The van der Waals surface area contributed by atoms with E-state index in [1.807, 2.05) is 6.08 Å². The highest BCUT2D eigenvalue weighted by atomic mass is 35.5. The number of allylic oxidation sites excluding steroid dienone is 1. The number of carbonyl (C=O) groups excluding carboxylic acids is 1.